The van der Waals surface area contributed by atoms with Gasteiger partial charge in [-0.3, -0.25) is 4.55 Å². The molecule has 0 aliphatic carbocycles. The van der Waals surface area contributed by atoms with E-state index in [9.17, 15) is 17.8 Å². The Morgan fingerprint density at radius 1 is 0.762 bits per heavy atom. The molecule has 13 heteroatoms. The van der Waals surface area contributed by atoms with Gasteiger partial charge in [0, 0.05) is 12.0 Å². The number of hydrogen-bond acceptors (Lipinski definition) is 9. The molecule has 5 aromatic carbocycles. The largest absolute Gasteiger partial charge is 0.443 e. The van der Waals surface area contributed by atoms with E-state index in [0.29, 0.717) is 30.2 Å². The molecule has 0 fully saturated rings. The van der Waals surface area contributed by atoms with Crippen LogP contribution in [0.5, 0.6) is 0 Å². The molecule has 2 N–H and O–H groups in total. The van der Waals surface area contributed by atoms with Crippen LogP contribution in [0.3, 0.4) is 0 Å². The number of amides is 1. The average Bonchev–Trinajstić information content (AvgIpc) is 3.61. The minimum Gasteiger partial charge on any atom is -0.443 e. The fourth-order valence-corrected chi connectivity index (χ4v) is 8.42. The molecule has 0 unspecified atom stereocenters. The number of benzene rings is 5. The second-order valence-corrected chi connectivity index (χ2v) is 18.4. The van der Waals surface area contributed by atoms with E-state index in [1.165, 1.54) is 5.56 Å². The molecule has 328 valence electrons. The Hall–Kier alpha value is -6.12. The van der Waals surface area contributed by atoms with Crippen LogP contribution in [-0.4, -0.2) is 68.9 Å². The average molecular weight is 870 g/mol. The molecule has 0 saturated heterocycles. The van der Waals surface area contributed by atoms with E-state index >= 15 is 0 Å². The number of carbonyl (C=O) groups is 1. The first kappa shape index (κ1) is 44.9. The zero-order valence-corrected chi connectivity index (χ0v) is 37.4. The summed E-state index contributed by atoms with van der Waals surface area (Å²) in [6.07, 6.45) is -0.491. The normalized spacial score (nSPS) is 12.4. The van der Waals surface area contributed by atoms with Gasteiger partial charge in [-0.25, -0.2) is 14.8 Å². The highest BCUT2D eigenvalue weighted by molar-refractivity contribution is 7.83. The molecule has 0 bridgehead atoms. The van der Waals surface area contributed by atoms with Crippen LogP contribution < -0.4 is 5.32 Å². The van der Waals surface area contributed by atoms with Gasteiger partial charge in [-0.15, -0.1) is 0 Å². The highest BCUT2D eigenvalue weighted by Gasteiger charge is 2.38. The highest BCUT2D eigenvalue weighted by Crippen LogP contribution is 2.42. The van der Waals surface area contributed by atoms with Crippen LogP contribution in [0.1, 0.15) is 75.2 Å². The second kappa shape index (κ2) is 18.7. The Kier molecular flexibility index (Phi) is 13.3. The standard InChI is InChI=1S/C50H55N5O7S/c1-7-60-34-43-52-44-45(54(43)35-49(5,6)61-31-30-55(63(57,58)59)47(56)62-48(2,3)4)41-29-28-37(32-36-20-12-8-13-21-36)33-42(41)51-46(44)53-50(38-22-14-9-15-23-38,39-24-16-10-17-25-39)40-26-18-11-19-27-40/h8-29,33H,7,30-32,34-35H2,1-6H3,(H,51,53)(H,57,58,59). The van der Waals surface area contributed by atoms with Crippen LogP contribution in [0, 0.1) is 0 Å². The van der Waals surface area contributed by atoms with E-state index in [1.807, 2.05) is 93.6 Å². The van der Waals surface area contributed by atoms with Crippen molar-refractivity contribution in [2.75, 3.05) is 25.1 Å². The van der Waals surface area contributed by atoms with Gasteiger partial charge >= 0.3 is 16.4 Å². The fourth-order valence-electron chi connectivity index (χ4n) is 7.89. The minimum absolute atomic E-state index is 0.185. The summed E-state index contributed by atoms with van der Waals surface area (Å²) in [5.41, 5.74) is 4.58. The summed E-state index contributed by atoms with van der Waals surface area (Å²) in [4.78, 5) is 23.6. The predicted molar refractivity (Wildman–Crippen MR) is 247 cm³/mol. The first-order valence-electron chi connectivity index (χ1n) is 21.1. The van der Waals surface area contributed by atoms with Crippen molar-refractivity contribution in [2.24, 2.45) is 0 Å². The molecule has 1 amide bonds. The van der Waals surface area contributed by atoms with Gasteiger partial charge in [-0.1, -0.05) is 133 Å². The van der Waals surface area contributed by atoms with E-state index in [2.05, 4.69) is 76.6 Å². The van der Waals surface area contributed by atoms with E-state index in [0.717, 1.165) is 38.7 Å². The van der Waals surface area contributed by atoms with Crippen LogP contribution in [0.2, 0.25) is 0 Å². The molecule has 0 spiro atoms. The number of anilines is 1. The Bertz CT molecular complexity index is 2660. The molecule has 0 radical (unpaired) electrons. The number of aromatic nitrogens is 3. The number of rotatable bonds is 17. The Balaban J connectivity index is 1.40. The number of imidazole rings is 1. The zero-order valence-electron chi connectivity index (χ0n) is 36.6. The summed E-state index contributed by atoms with van der Waals surface area (Å²) in [5, 5.41) is 4.87. The SMILES string of the molecule is CCOCc1nc2c(NC(c3ccccc3)(c3ccccc3)c3ccccc3)nc3cc(Cc4ccccc4)ccc3c2n1CC(C)(C)OCCN(C(=O)OC(C)(C)C)S(=O)(=O)O. The molecule has 2 aromatic heterocycles. The minimum atomic E-state index is -4.95. The molecule has 12 nitrogen and oxygen atoms in total. The molecule has 0 saturated carbocycles. The van der Waals surface area contributed by atoms with Crippen molar-refractivity contribution in [1.82, 2.24) is 18.8 Å². The fraction of sp³-hybridized carbons (Fsp3) is 0.300. The van der Waals surface area contributed by atoms with E-state index in [1.54, 1.807) is 20.8 Å². The summed E-state index contributed by atoms with van der Waals surface area (Å²) in [5.74, 6) is 1.19. The monoisotopic (exact) mass is 869 g/mol. The van der Waals surface area contributed by atoms with Crippen molar-refractivity contribution < 1.29 is 32.0 Å². The van der Waals surface area contributed by atoms with Crippen LogP contribution in [0.15, 0.2) is 140 Å². The Labute approximate surface area is 369 Å². The third kappa shape index (κ3) is 10.4. The molecule has 0 aliphatic heterocycles. The number of pyridine rings is 1. The summed E-state index contributed by atoms with van der Waals surface area (Å²) in [7, 11) is -4.95. The number of fused-ring (bicyclic) bond motifs is 3. The summed E-state index contributed by atoms with van der Waals surface area (Å²) in [6, 6.07) is 47.6. The number of nitrogens with zero attached hydrogens (tertiary/aromatic N) is 4. The number of nitrogens with one attached hydrogen (secondary N) is 1. The van der Waals surface area contributed by atoms with Crippen molar-refractivity contribution in [2.45, 2.75) is 77.9 Å². The lowest BCUT2D eigenvalue weighted by atomic mass is 9.77. The van der Waals surface area contributed by atoms with Crippen LogP contribution >= 0.6 is 0 Å². The highest BCUT2D eigenvalue weighted by atomic mass is 32.2. The van der Waals surface area contributed by atoms with Crippen molar-refractivity contribution in [3.63, 3.8) is 0 Å². The Morgan fingerprint density at radius 2 is 1.32 bits per heavy atom. The topological polar surface area (TPSA) is 145 Å². The first-order valence-corrected chi connectivity index (χ1v) is 22.5. The molecule has 7 rings (SSSR count). The molecular formula is C50H55N5O7S. The van der Waals surface area contributed by atoms with Crippen molar-refractivity contribution in [1.29, 1.82) is 0 Å². The first-order chi connectivity index (χ1) is 30.1. The third-order valence-electron chi connectivity index (χ3n) is 10.6. The number of hydrogen-bond donors (Lipinski definition) is 2. The van der Waals surface area contributed by atoms with Gasteiger partial charge < -0.3 is 24.1 Å². The van der Waals surface area contributed by atoms with Crippen LogP contribution in [-0.2, 0) is 49.6 Å². The van der Waals surface area contributed by atoms with Gasteiger partial charge in [0.25, 0.3) is 0 Å². The van der Waals surface area contributed by atoms with Gasteiger partial charge in [0.2, 0.25) is 0 Å². The number of ether oxygens (including phenoxy) is 3. The molecule has 7 aromatic rings. The zero-order chi connectivity index (χ0) is 44.8. The van der Waals surface area contributed by atoms with E-state index < -0.39 is 39.7 Å². The van der Waals surface area contributed by atoms with Crippen LogP contribution in [0.4, 0.5) is 10.6 Å². The molecule has 0 aliphatic rings. The quantitative estimate of drug-likeness (QED) is 0.0670. The lowest BCUT2D eigenvalue weighted by Crippen LogP contribution is -2.43. The molecule has 2 heterocycles. The van der Waals surface area contributed by atoms with Gasteiger partial charge in [0.1, 0.15) is 29.1 Å². The van der Waals surface area contributed by atoms with Gasteiger partial charge in [0.15, 0.2) is 5.82 Å². The summed E-state index contributed by atoms with van der Waals surface area (Å²) < 4.78 is 54.6. The smallest absolute Gasteiger partial charge is 0.425 e. The number of carbonyl (C=O) groups excluding carboxylic acids is 1. The second-order valence-electron chi connectivity index (χ2n) is 17.0. The molecule has 0 atom stereocenters. The Morgan fingerprint density at radius 3 is 1.84 bits per heavy atom. The maximum Gasteiger partial charge on any atom is 0.425 e. The lowest BCUT2D eigenvalue weighted by molar-refractivity contribution is -0.0354. The van der Waals surface area contributed by atoms with Gasteiger partial charge in [0.05, 0.1) is 36.3 Å². The predicted octanol–water partition coefficient (Wildman–Crippen LogP) is 9.95. The maximum atomic E-state index is 12.8. The van der Waals surface area contributed by atoms with Crippen LogP contribution in [0.25, 0.3) is 21.9 Å². The van der Waals surface area contributed by atoms with E-state index in [4.69, 9.17) is 24.2 Å². The molecular weight excluding hydrogens is 815 g/mol. The van der Waals surface area contributed by atoms with E-state index in [-0.39, 0.29) is 24.1 Å². The van der Waals surface area contributed by atoms with Crippen molar-refractivity contribution >= 4 is 44.2 Å². The summed E-state index contributed by atoms with van der Waals surface area (Å²) >= 11 is 0. The van der Waals surface area contributed by atoms with Gasteiger partial charge in [-0.05, 0) is 81.8 Å². The summed E-state index contributed by atoms with van der Waals surface area (Å²) in [6.45, 7) is 10.7. The third-order valence-corrected chi connectivity index (χ3v) is 11.5. The van der Waals surface area contributed by atoms with Crippen molar-refractivity contribution in [3.05, 3.63) is 173 Å². The van der Waals surface area contributed by atoms with Crippen molar-refractivity contribution in [3.8, 4) is 0 Å². The van der Waals surface area contributed by atoms with Gasteiger partial charge in [-0.2, -0.15) is 12.7 Å². The molecule has 63 heavy (non-hydrogen) atoms. The lowest BCUT2D eigenvalue weighted by Gasteiger charge is -2.37. The maximum absolute atomic E-state index is 12.8.